The van der Waals surface area contributed by atoms with E-state index in [9.17, 15) is 8.42 Å². The molecule has 6 heteroatoms. The van der Waals surface area contributed by atoms with Crippen molar-refractivity contribution in [2.24, 2.45) is 0 Å². The molecule has 112 valence electrons. The summed E-state index contributed by atoms with van der Waals surface area (Å²) in [4.78, 5) is 4.44. The van der Waals surface area contributed by atoms with Gasteiger partial charge < -0.3 is 5.32 Å². The summed E-state index contributed by atoms with van der Waals surface area (Å²) in [7, 11) is -3.52. The molecule has 2 aromatic rings. The van der Waals surface area contributed by atoms with Gasteiger partial charge in [-0.3, -0.25) is 4.98 Å². The van der Waals surface area contributed by atoms with Crippen molar-refractivity contribution in [1.82, 2.24) is 9.71 Å². The number of para-hydroxylation sites is 1. The van der Waals surface area contributed by atoms with Crippen LogP contribution in [0.1, 0.15) is 12.6 Å². The van der Waals surface area contributed by atoms with E-state index in [2.05, 4.69) is 15.0 Å². The smallest absolute Gasteiger partial charge is 0.242 e. The molecule has 0 saturated carbocycles. The van der Waals surface area contributed by atoms with E-state index in [1.54, 1.807) is 24.4 Å². The number of sulfonamides is 1. The van der Waals surface area contributed by atoms with Gasteiger partial charge in [0.05, 0.1) is 5.69 Å². The number of nitrogens with zero attached hydrogens (tertiary/aromatic N) is 1. The topological polar surface area (TPSA) is 71.1 Å². The number of anilines is 1. The number of rotatable bonds is 7. The van der Waals surface area contributed by atoms with Gasteiger partial charge in [0.15, 0.2) is 0 Å². The Morgan fingerprint density at radius 2 is 1.86 bits per heavy atom. The average molecular weight is 305 g/mol. The lowest BCUT2D eigenvalue weighted by Crippen LogP contribution is -2.27. The van der Waals surface area contributed by atoms with Gasteiger partial charge in [0.2, 0.25) is 10.0 Å². The third kappa shape index (κ3) is 4.27. The largest absolute Gasteiger partial charge is 0.384 e. The van der Waals surface area contributed by atoms with Crippen LogP contribution in [0, 0.1) is 0 Å². The summed E-state index contributed by atoms with van der Waals surface area (Å²) in [5, 5.41) is 3.06. The Balaban J connectivity index is 2.05. The fourth-order valence-electron chi connectivity index (χ4n) is 1.97. The molecule has 0 bridgehead atoms. The maximum Gasteiger partial charge on any atom is 0.242 e. The van der Waals surface area contributed by atoms with Crippen molar-refractivity contribution < 1.29 is 8.42 Å². The highest BCUT2D eigenvalue weighted by Gasteiger charge is 2.17. The molecule has 0 amide bonds. The first-order chi connectivity index (χ1) is 10.1. The number of benzene rings is 1. The predicted molar refractivity (Wildman–Crippen MR) is 83.7 cm³/mol. The van der Waals surface area contributed by atoms with Gasteiger partial charge in [0.25, 0.3) is 0 Å². The van der Waals surface area contributed by atoms with Gasteiger partial charge in [-0.1, -0.05) is 18.2 Å². The van der Waals surface area contributed by atoms with Gasteiger partial charge in [-0.15, -0.1) is 0 Å². The highest BCUT2D eigenvalue weighted by Crippen LogP contribution is 2.20. The molecular weight excluding hydrogens is 286 g/mol. The molecule has 5 nitrogen and oxygen atoms in total. The molecule has 1 aromatic heterocycles. The van der Waals surface area contributed by atoms with Crippen LogP contribution in [0.25, 0.3) is 0 Å². The first-order valence-corrected chi connectivity index (χ1v) is 8.34. The highest BCUT2D eigenvalue weighted by molar-refractivity contribution is 7.89. The number of nitrogens with one attached hydrogen (secondary N) is 2. The Morgan fingerprint density at radius 3 is 2.57 bits per heavy atom. The zero-order valence-corrected chi connectivity index (χ0v) is 12.7. The van der Waals surface area contributed by atoms with E-state index < -0.39 is 10.0 Å². The minimum atomic E-state index is -3.52. The van der Waals surface area contributed by atoms with Crippen LogP contribution < -0.4 is 10.0 Å². The fourth-order valence-corrected chi connectivity index (χ4v) is 3.19. The first-order valence-electron chi connectivity index (χ1n) is 6.86. The number of hydrogen-bond acceptors (Lipinski definition) is 4. The number of hydrogen-bond donors (Lipinski definition) is 2. The molecular formula is C15H19N3O2S. The lowest BCUT2D eigenvalue weighted by atomic mass is 10.3. The maximum atomic E-state index is 12.3. The minimum Gasteiger partial charge on any atom is -0.384 e. The van der Waals surface area contributed by atoms with E-state index in [0.29, 0.717) is 25.2 Å². The predicted octanol–water partition coefficient (Wildman–Crippen LogP) is 2.03. The Labute approximate surface area is 125 Å². The van der Waals surface area contributed by atoms with Crippen LogP contribution in [0.15, 0.2) is 53.6 Å². The molecule has 0 aliphatic heterocycles. The molecule has 0 spiro atoms. The maximum absolute atomic E-state index is 12.3. The molecule has 0 unspecified atom stereocenters. The third-order valence-corrected chi connectivity index (χ3v) is 4.46. The van der Waals surface area contributed by atoms with Crippen molar-refractivity contribution >= 4 is 15.7 Å². The van der Waals surface area contributed by atoms with Crippen LogP contribution >= 0.6 is 0 Å². The van der Waals surface area contributed by atoms with E-state index in [0.717, 1.165) is 5.69 Å². The van der Waals surface area contributed by atoms with Crippen molar-refractivity contribution in [3.8, 4) is 0 Å². The Morgan fingerprint density at radius 1 is 1.10 bits per heavy atom. The van der Waals surface area contributed by atoms with Crippen LogP contribution in [-0.4, -0.2) is 26.5 Å². The third-order valence-electron chi connectivity index (χ3n) is 2.94. The molecule has 0 aliphatic rings. The molecule has 1 heterocycles. The van der Waals surface area contributed by atoms with Crippen molar-refractivity contribution in [1.29, 1.82) is 0 Å². The molecule has 2 rings (SSSR count). The molecule has 2 N–H and O–H groups in total. The minimum absolute atomic E-state index is 0.271. The highest BCUT2D eigenvalue weighted by atomic mass is 32.2. The molecule has 1 aromatic carbocycles. The second kappa shape index (κ2) is 7.19. The number of aromatic nitrogens is 1. The molecule has 0 fully saturated rings. The first kappa shape index (κ1) is 15.5. The van der Waals surface area contributed by atoms with Crippen LogP contribution in [0.3, 0.4) is 0 Å². The van der Waals surface area contributed by atoms with Crippen LogP contribution in [0.5, 0.6) is 0 Å². The van der Waals surface area contributed by atoms with Crippen molar-refractivity contribution in [2.45, 2.75) is 18.2 Å². The SMILES string of the molecule is CCNc1ccccc1S(=O)(=O)NCCc1ccccn1. The summed E-state index contributed by atoms with van der Waals surface area (Å²) in [5.74, 6) is 0. The monoisotopic (exact) mass is 305 g/mol. The zero-order valence-electron chi connectivity index (χ0n) is 11.9. The Kier molecular flexibility index (Phi) is 5.30. The molecule has 21 heavy (non-hydrogen) atoms. The van der Waals surface area contributed by atoms with Gasteiger partial charge in [0.1, 0.15) is 4.90 Å². The average Bonchev–Trinajstić information content (AvgIpc) is 2.49. The summed E-state index contributed by atoms with van der Waals surface area (Å²) < 4.78 is 27.3. The Bertz CT molecular complexity index is 672. The van der Waals surface area contributed by atoms with Crippen molar-refractivity contribution in [2.75, 3.05) is 18.4 Å². The molecule has 0 saturated heterocycles. The fraction of sp³-hybridized carbons (Fsp3) is 0.267. The van der Waals surface area contributed by atoms with Gasteiger partial charge in [-0.2, -0.15) is 0 Å². The van der Waals surface area contributed by atoms with Crippen molar-refractivity contribution in [3.63, 3.8) is 0 Å². The Hall–Kier alpha value is -1.92. The van der Waals surface area contributed by atoms with E-state index in [4.69, 9.17) is 0 Å². The molecule has 0 atom stereocenters. The van der Waals surface area contributed by atoms with Gasteiger partial charge >= 0.3 is 0 Å². The quantitative estimate of drug-likeness (QED) is 0.821. The molecule has 0 radical (unpaired) electrons. The standard InChI is InChI=1S/C15H19N3O2S/c1-2-16-14-8-3-4-9-15(14)21(19,20)18-12-10-13-7-5-6-11-17-13/h3-9,11,16,18H,2,10,12H2,1H3. The van der Waals surface area contributed by atoms with E-state index in [1.165, 1.54) is 0 Å². The second-order valence-corrected chi connectivity index (χ2v) is 6.23. The van der Waals surface area contributed by atoms with Crippen molar-refractivity contribution in [3.05, 3.63) is 54.4 Å². The van der Waals surface area contributed by atoms with Gasteiger partial charge in [0, 0.05) is 31.4 Å². The van der Waals surface area contributed by atoms with Crippen LogP contribution in [-0.2, 0) is 16.4 Å². The van der Waals surface area contributed by atoms with Gasteiger partial charge in [-0.25, -0.2) is 13.1 Å². The second-order valence-electron chi connectivity index (χ2n) is 4.50. The van der Waals surface area contributed by atoms with Gasteiger partial charge in [-0.05, 0) is 31.2 Å². The van der Waals surface area contributed by atoms with Crippen LogP contribution in [0.4, 0.5) is 5.69 Å². The summed E-state index contributed by atoms with van der Waals surface area (Å²) in [6.07, 6.45) is 2.26. The summed E-state index contributed by atoms with van der Waals surface area (Å²) in [6.45, 7) is 2.91. The summed E-state index contributed by atoms with van der Waals surface area (Å²) >= 11 is 0. The van der Waals surface area contributed by atoms with E-state index >= 15 is 0 Å². The zero-order chi connectivity index (χ0) is 15.1. The molecule has 0 aliphatic carbocycles. The van der Waals surface area contributed by atoms with E-state index in [1.807, 2.05) is 31.2 Å². The number of pyridine rings is 1. The lowest BCUT2D eigenvalue weighted by molar-refractivity contribution is 0.581. The lowest BCUT2D eigenvalue weighted by Gasteiger charge is -2.12. The summed E-state index contributed by atoms with van der Waals surface area (Å²) in [5.41, 5.74) is 1.48. The summed E-state index contributed by atoms with van der Waals surface area (Å²) in [6, 6.07) is 12.5. The normalized spacial score (nSPS) is 11.3. The van der Waals surface area contributed by atoms with Crippen LogP contribution in [0.2, 0.25) is 0 Å². The van der Waals surface area contributed by atoms with E-state index in [-0.39, 0.29) is 4.90 Å².